The van der Waals surface area contributed by atoms with E-state index in [4.69, 9.17) is 4.74 Å². The van der Waals surface area contributed by atoms with Gasteiger partial charge in [0.2, 0.25) is 5.91 Å². The van der Waals surface area contributed by atoms with Crippen molar-refractivity contribution in [2.24, 2.45) is 5.92 Å². The summed E-state index contributed by atoms with van der Waals surface area (Å²) in [5.74, 6) is -2.10. The van der Waals surface area contributed by atoms with Gasteiger partial charge in [0.1, 0.15) is 0 Å². The fraction of sp³-hybridized carbons (Fsp3) is 0.250. The minimum absolute atomic E-state index is 0.0134. The Morgan fingerprint density at radius 3 is 2.66 bits per heavy atom. The number of nitro groups is 1. The minimum atomic E-state index is -0.657. The maximum absolute atomic E-state index is 12.2. The zero-order chi connectivity index (χ0) is 21.0. The molecule has 150 valence electrons. The van der Waals surface area contributed by atoms with Gasteiger partial charge in [0, 0.05) is 36.0 Å². The summed E-state index contributed by atoms with van der Waals surface area (Å²) in [6.07, 6.45) is 0.0134. The Morgan fingerprint density at radius 2 is 1.97 bits per heavy atom. The van der Waals surface area contributed by atoms with Crippen LogP contribution in [0.25, 0.3) is 0 Å². The average molecular weight is 397 g/mol. The number of benzene rings is 2. The molecule has 1 fully saturated rings. The monoisotopic (exact) mass is 397 g/mol. The van der Waals surface area contributed by atoms with Gasteiger partial charge in [-0.2, -0.15) is 0 Å². The zero-order valence-electron chi connectivity index (χ0n) is 15.7. The van der Waals surface area contributed by atoms with Crippen LogP contribution in [0.5, 0.6) is 0 Å². The molecule has 3 rings (SSSR count). The third-order valence-electron chi connectivity index (χ3n) is 4.56. The van der Waals surface area contributed by atoms with E-state index >= 15 is 0 Å². The van der Waals surface area contributed by atoms with E-state index in [-0.39, 0.29) is 30.2 Å². The molecule has 0 unspecified atom stereocenters. The predicted octanol–water partition coefficient (Wildman–Crippen LogP) is 2.44. The number of hydrogen-bond donors (Lipinski definition) is 1. The summed E-state index contributed by atoms with van der Waals surface area (Å²) in [7, 11) is 0. The van der Waals surface area contributed by atoms with E-state index in [9.17, 15) is 24.5 Å². The van der Waals surface area contributed by atoms with E-state index < -0.39 is 29.3 Å². The van der Waals surface area contributed by atoms with Crippen LogP contribution in [0.4, 0.5) is 17.1 Å². The lowest BCUT2D eigenvalue weighted by Gasteiger charge is -2.16. The van der Waals surface area contributed by atoms with Gasteiger partial charge in [-0.25, -0.2) is 0 Å². The molecular formula is C20H19N3O6. The number of nitrogens with one attached hydrogen (secondary N) is 1. The van der Waals surface area contributed by atoms with Crippen molar-refractivity contribution >= 4 is 34.8 Å². The van der Waals surface area contributed by atoms with Crippen LogP contribution in [0.3, 0.4) is 0 Å². The van der Waals surface area contributed by atoms with E-state index in [0.717, 1.165) is 0 Å². The van der Waals surface area contributed by atoms with Crippen LogP contribution in [-0.4, -0.2) is 35.9 Å². The smallest absolute Gasteiger partial charge is 0.311 e. The molecule has 0 aliphatic carbocycles. The van der Waals surface area contributed by atoms with Crippen LogP contribution in [0, 0.1) is 23.0 Å². The summed E-state index contributed by atoms with van der Waals surface area (Å²) in [4.78, 5) is 48.4. The highest BCUT2D eigenvalue weighted by Gasteiger charge is 2.36. The van der Waals surface area contributed by atoms with E-state index in [1.807, 2.05) is 6.07 Å². The Labute approximate surface area is 166 Å². The third kappa shape index (κ3) is 4.75. The number of rotatable bonds is 6. The quantitative estimate of drug-likeness (QED) is 0.454. The van der Waals surface area contributed by atoms with Crippen molar-refractivity contribution in [3.8, 4) is 0 Å². The number of esters is 1. The maximum Gasteiger partial charge on any atom is 0.311 e. The number of aryl methyl sites for hydroxylation is 1. The van der Waals surface area contributed by atoms with Crippen molar-refractivity contribution in [3.63, 3.8) is 0 Å². The first-order valence-corrected chi connectivity index (χ1v) is 8.92. The molecule has 1 N–H and O–H groups in total. The predicted molar refractivity (Wildman–Crippen MR) is 104 cm³/mol. The van der Waals surface area contributed by atoms with Crippen molar-refractivity contribution in [2.75, 3.05) is 23.4 Å². The van der Waals surface area contributed by atoms with Gasteiger partial charge in [-0.1, -0.05) is 24.3 Å². The fourth-order valence-corrected chi connectivity index (χ4v) is 3.06. The summed E-state index contributed by atoms with van der Waals surface area (Å²) < 4.78 is 5.03. The topological polar surface area (TPSA) is 119 Å². The van der Waals surface area contributed by atoms with Crippen LogP contribution in [0.2, 0.25) is 0 Å². The molecule has 0 saturated carbocycles. The first-order chi connectivity index (χ1) is 13.8. The second-order valence-corrected chi connectivity index (χ2v) is 6.66. The number of hydrogen-bond acceptors (Lipinski definition) is 6. The van der Waals surface area contributed by atoms with E-state index in [0.29, 0.717) is 11.3 Å². The summed E-state index contributed by atoms with van der Waals surface area (Å²) in [6.45, 7) is 1.23. The largest absolute Gasteiger partial charge is 0.455 e. The standard InChI is InChI=1S/C20H19N3O6/c1-13-7-8-15(10-17(13)23(27)28)21-18(24)12-29-20(26)14-9-19(25)22(11-14)16-5-3-2-4-6-16/h2-8,10,14H,9,11-12H2,1H3,(H,21,24)/t14-/m1/s1. The van der Waals surface area contributed by atoms with Gasteiger partial charge in [0.05, 0.1) is 10.8 Å². The normalized spacial score (nSPS) is 15.8. The Morgan fingerprint density at radius 1 is 1.24 bits per heavy atom. The van der Waals surface area contributed by atoms with Crippen LogP contribution in [0.1, 0.15) is 12.0 Å². The number of nitro benzene ring substituents is 1. The second-order valence-electron chi connectivity index (χ2n) is 6.66. The van der Waals surface area contributed by atoms with Gasteiger partial charge in [-0.15, -0.1) is 0 Å². The number of carbonyl (C=O) groups is 3. The molecule has 1 saturated heterocycles. The maximum atomic E-state index is 12.2. The SMILES string of the molecule is Cc1ccc(NC(=O)COC(=O)[C@@H]2CC(=O)N(c3ccccc3)C2)cc1[N+](=O)[O-]. The fourth-order valence-electron chi connectivity index (χ4n) is 3.06. The van der Waals surface area contributed by atoms with Crippen molar-refractivity contribution in [3.05, 3.63) is 64.2 Å². The van der Waals surface area contributed by atoms with E-state index in [2.05, 4.69) is 5.32 Å². The van der Waals surface area contributed by atoms with Gasteiger partial charge in [-0.05, 0) is 25.1 Å². The van der Waals surface area contributed by atoms with Crippen molar-refractivity contribution in [1.29, 1.82) is 0 Å². The molecule has 0 bridgehead atoms. The molecule has 0 aromatic heterocycles. The van der Waals surface area contributed by atoms with Crippen LogP contribution in [0.15, 0.2) is 48.5 Å². The van der Waals surface area contributed by atoms with E-state index in [1.165, 1.54) is 23.1 Å². The number of nitrogens with zero attached hydrogens (tertiary/aromatic N) is 2. The van der Waals surface area contributed by atoms with Gasteiger partial charge in [-0.3, -0.25) is 24.5 Å². The Kier molecular flexibility index (Phi) is 5.87. The van der Waals surface area contributed by atoms with Crippen molar-refractivity contribution in [2.45, 2.75) is 13.3 Å². The Hall–Kier alpha value is -3.75. The first-order valence-electron chi connectivity index (χ1n) is 8.92. The summed E-state index contributed by atoms with van der Waals surface area (Å²) in [6, 6.07) is 13.3. The van der Waals surface area contributed by atoms with Gasteiger partial charge >= 0.3 is 5.97 Å². The van der Waals surface area contributed by atoms with Crippen LogP contribution < -0.4 is 10.2 Å². The number of amides is 2. The molecule has 9 nitrogen and oxygen atoms in total. The van der Waals surface area contributed by atoms with Crippen LogP contribution in [-0.2, 0) is 19.1 Å². The number of ether oxygens (including phenoxy) is 1. The van der Waals surface area contributed by atoms with Crippen LogP contribution >= 0.6 is 0 Å². The highest BCUT2D eigenvalue weighted by molar-refractivity contribution is 6.00. The lowest BCUT2D eigenvalue weighted by molar-refractivity contribution is -0.385. The molecule has 2 amide bonds. The minimum Gasteiger partial charge on any atom is -0.455 e. The van der Waals surface area contributed by atoms with Gasteiger partial charge < -0.3 is 15.0 Å². The second kappa shape index (κ2) is 8.51. The molecular weight excluding hydrogens is 378 g/mol. The molecule has 2 aromatic carbocycles. The highest BCUT2D eigenvalue weighted by atomic mass is 16.6. The molecule has 2 aromatic rings. The zero-order valence-corrected chi connectivity index (χ0v) is 15.7. The van der Waals surface area contributed by atoms with Crippen molar-refractivity contribution < 1.29 is 24.0 Å². The molecule has 0 radical (unpaired) electrons. The molecule has 1 atom stereocenters. The van der Waals surface area contributed by atoms with Crippen molar-refractivity contribution in [1.82, 2.24) is 0 Å². The summed E-state index contributed by atoms with van der Waals surface area (Å²) in [5.41, 5.74) is 1.28. The Balaban J connectivity index is 1.53. The first kappa shape index (κ1) is 20.0. The number of para-hydroxylation sites is 1. The third-order valence-corrected chi connectivity index (χ3v) is 4.56. The lowest BCUT2D eigenvalue weighted by atomic mass is 10.1. The number of carbonyl (C=O) groups excluding carboxylic acids is 3. The summed E-state index contributed by atoms with van der Waals surface area (Å²) >= 11 is 0. The molecule has 29 heavy (non-hydrogen) atoms. The molecule has 1 heterocycles. The Bertz CT molecular complexity index is 960. The van der Waals surface area contributed by atoms with Gasteiger partial charge in [0.25, 0.3) is 11.6 Å². The molecule has 1 aliphatic rings. The average Bonchev–Trinajstić information content (AvgIpc) is 3.10. The van der Waals surface area contributed by atoms with E-state index in [1.54, 1.807) is 31.2 Å². The molecule has 1 aliphatic heterocycles. The molecule has 0 spiro atoms. The lowest BCUT2D eigenvalue weighted by Crippen LogP contribution is -2.28. The summed E-state index contributed by atoms with van der Waals surface area (Å²) in [5, 5.41) is 13.4. The number of anilines is 2. The highest BCUT2D eigenvalue weighted by Crippen LogP contribution is 2.26. The van der Waals surface area contributed by atoms with Gasteiger partial charge in [0.15, 0.2) is 6.61 Å². The molecule has 9 heteroatoms.